The second-order valence-corrected chi connectivity index (χ2v) is 10.6. The van der Waals surface area contributed by atoms with Gasteiger partial charge in [0.25, 0.3) is 0 Å². The Morgan fingerprint density at radius 3 is 2.45 bits per heavy atom. The van der Waals surface area contributed by atoms with Crippen molar-refractivity contribution in [2.75, 3.05) is 30.9 Å². The van der Waals surface area contributed by atoms with E-state index >= 15 is 0 Å². The lowest BCUT2D eigenvalue weighted by atomic mass is 9.86. The number of para-hydroxylation sites is 1. The van der Waals surface area contributed by atoms with Crippen LogP contribution in [0.1, 0.15) is 30.6 Å². The summed E-state index contributed by atoms with van der Waals surface area (Å²) in [5, 5.41) is 10.4. The first-order valence-corrected chi connectivity index (χ1v) is 12.8. The first-order chi connectivity index (χ1) is 16.1. The van der Waals surface area contributed by atoms with E-state index < -0.39 is 0 Å². The Morgan fingerprint density at radius 1 is 0.970 bits per heavy atom. The predicted molar refractivity (Wildman–Crippen MR) is 142 cm³/mol. The zero-order valence-electron chi connectivity index (χ0n) is 19.1. The molecule has 0 saturated heterocycles. The maximum absolute atomic E-state index is 6.59. The van der Waals surface area contributed by atoms with Crippen LogP contribution in [-0.2, 0) is 6.54 Å². The molecule has 7 heteroatoms. The highest BCUT2D eigenvalue weighted by molar-refractivity contribution is 7.19. The standard InChI is InChI=1S/C26H30ClN5S/c1-32(2)25-19-7-3-5-9-21(19)30-26(31-25)29-18-13-11-17(12-14-18)15-28-16-23-24(27)20-8-4-6-10-22(20)33-23/h3-10,17-18,28H,11-16H2,1-2H3,(H,29,30,31)/t17-,18+. The Hall–Kier alpha value is -2.41. The number of hydrogen-bond acceptors (Lipinski definition) is 6. The lowest BCUT2D eigenvalue weighted by Gasteiger charge is -2.29. The molecule has 0 atom stereocenters. The number of halogens is 1. The van der Waals surface area contributed by atoms with E-state index in [1.807, 2.05) is 26.2 Å². The van der Waals surface area contributed by atoms with Crippen LogP contribution in [0.4, 0.5) is 11.8 Å². The van der Waals surface area contributed by atoms with Crippen LogP contribution in [0.25, 0.3) is 21.0 Å². The van der Waals surface area contributed by atoms with E-state index in [9.17, 15) is 0 Å². The van der Waals surface area contributed by atoms with Crippen LogP contribution >= 0.6 is 22.9 Å². The van der Waals surface area contributed by atoms with Crippen molar-refractivity contribution in [1.29, 1.82) is 0 Å². The summed E-state index contributed by atoms with van der Waals surface area (Å²) in [6.45, 7) is 1.88. The Bertz CT molecular complexity index is 1250. The molecule has 0 amide bonds. The maximum atomic E-state index is 6.59. The van der Waals surface area contributed by atoms with Gasteiger partial charge in [-0.15, -0.1) is 11.3 Å². The van der Waals surface area contributed by atoms with E-state index in [0.717, 1.165) is 53.6 Å². The average molecular weight is 480 g/mol. The molecule has 33 heavy (non-hydrogen) atoms. The Morgan fingerprint density at radius 2 is 1.70 bits per heavy atom. The molecule has 0 spiro atoms. The number of rotatable bonds is 7. The lowest BCUT2D eigenvalue weighted by molar-refractivity contribution is 0.324. The molecule has 0 radical (unpaired) electrons. The van der Waals surface area contributed by atoms with Crippen LogP contribution in [0, 0.1) is 5.92 Å². The summed E-state index contributed by atoms with van der Waals surface area (Å²) in [5.41, 5.74) is 0.983. The first kappa shape index (κ1) is 22.4. The Labute approximate surface area is 204 Å². The molecule has 172 valence electrons. The third-order valence-corrected chi connectivity index (χ3v) is 8.22. The molecule has 1 fully saturated rings. The lowest BCUT2D eigenvalue weighted by Crippen LogP contribution is -2.31. The van der Waals surface area contributed by atoms with Crippen molar-refractivity contribution in [3.63, 3.8) is 0 Å². The van der Waals surface area contributed by atoms with Crippen LogP contribution in [0.5, 0.6) is 0 Å². The highest BCUT2D eigenvalue weighted by Crippen LogP contribution is 2.35. The van der Waals surface area contributed by atoms with E-state index in [-0.39, 0.29) is 0 Å². The fraction of sp³-hybridized carbons (Fsp3) is 0.385. The largest absolute Gasteiger partial charge is 0.362 e. The van der Waals surface area contributed by atoms with Crippen LogP contribution in [0.2, 0.25) is 5.02 Å². The zero-order chi connectivity index (χ0) is 22.8. The molecular formula is C26H30ClN5S. The number of thiophene rings is 1. The van der Waals surface area contributed by atoms with Crippen molar-refractivity contribution in [2.45, 2.75) is 38.3 Å². The Balaban J connectivity index is 1.14. The van der Waals surface area contributed by atoms with Crippen molar-refractivity contribution in [3.05, 3.63) is 58.4 Å². The molecule has 2 aromatic heterocycles. The van der Waals surface area contributed by atoms with Crippen molar-refractivity contribution in [3.8, 4) is 0 Å². The minimum Gasteiger partial charge on any atom is -0.362 e. The molecule has 5 rings (SSSR count). The number of benzene rings is 2. The van der Waals surface area contributed by atoms with Gasteiger partial charge in [-0.2, -0.15) is 4.98 Å². The van der Waals surface area contributed by atoms with E-state index in [2.05, 4.69) is 51.9 Å². The molecule has 5 nitrogen and oxygen atoms in total. The Kier molecular flexibility index (Phi) is 6.67. The van der Waals surface area contributed by atoms with Gasteiger partial charge in [-0.1, -0.05) is 41.9 Å². The van der Waals surface area contributed by atoms with Crippen molar-refractivity contribution < 1.29 is 0 Å². The van der Waals surface area contributed by atoms with E-state index in [1.54, 1.807) is 11.3 Å². The zero-order valence-corrected chi connectivity index (χ0v) is 20.7. The second kappa shape index (κ2) is 9.84. The predicted octanol–water partition coefficient (Wildman–Crippen LogP) is 6.32. The summed E-state index contributed by atoms with van der Waals surface area (Å²) in [6, 6.07) is 17.0. The summed E-state index contributed by atoms with van der Waals surface area (Å²) < 4.78 is 1.26. The van der Waals surface area contributed by atoms with Crippen LogP contribution in [-0.4, -0.2) is 36.6 Å². The van der Waals surface area contributed by atoms with Gasteiger partial charge in [0.1, 0.15) is 5.82 Å². The molecular weight excluding hydrogens is 450 g/mol. The molecule has 2 aromatic carbocycles. The number of anilines is 2. The molecule has 0 unspecified atom stereocenters. The summed E-state index contributed by atoms with van der Waals surface area (Å²) >= 11 is 8.38. The quantitative estimate of drug-likeness (QED) is 0.324. The fourth-order valence-electron chi connectivity index (χ4n) is 4.73. The van der Waals surface area contributed by atoms with E-state index in [4.69, 9.17) is 21.6 Å². The number of hydrogen-bond donors (Lipinski definition) is 2. The van der Waals surface area contributed by atoms with Crippen molar-refractivity contribution in [2.24, 2.45) is 5.92 Å². The molecule has 1 aliphatic carbocycles. The molecule has 0 aliphatic heterocycles. The topological polar surface area (TPSA) is 53.1 Å². The third-order valence-electron chi connectivity index (χ3n) is 6.51. The van der Waals surface area contributed by atoms with Gasteiger partial charge in [-0.05, 0) is 56.3 Å². The van der Waals surface area contributed by atoms with Crippen molar-refractivity contribution >= 4 is 55.7 Å². The summed E-state index contributed by atoms with van der Waals surface area (Å²) in [7, 11) is 4.06. The molecule has 2 heterocycles. The second-order valence-electron chi connectivity index (χ2n) is 9.11. The van der Waals surface area contributed by atoms with Crippen LogP contribution < -0.4 is 15.5 Å². The molecule has 0 bridgehead atoms. The van der Waals surface area contributed by atoms with Gasteiger partial charge in [0.2, 0.25) is 5.95 Å². The SMILES string of the molecule is CN(C)c1nc(N[C@H]2CC[C@@H](CNCc3sc4ccccc4c3Cl)CC2)nc2ccccc12. The highest BCUT2D eigenvalue weighted by Gasteiger charge is 2.22. The van der Waals surface area contributed by atoms with Crippen LogP contribution in [0.15, 0.2) is 48.5 Å². The van der Waals surface area contributed by atoms with Gasteiger partial charge in [-0.25, -0.2) is 4.98 Å². The minimum absolute atomic E-state index is 0.425. The highest BCUT2D eigenvalue weighted by atomic mass is 35.5. The normalized spacial score (nSPS) is 18.6. The summed E-state index contributed by atoms with van der Waals surface area (Å²) in [5.74, 6) is 2.39. The molecule has 1 aliphatic rings. The van der Waals surface area contributed by atoms with Gasteiger partial charge < -0.3 is 15.5 Å². The van der Waals surface area contributed by atoms with E-state index in [1.165, 1.54) is 27.8 Å². The van der Waals surface area contributed by atoms with Crippen LogP contribution in [0.3, 0.4) is 0 Å². The van der Waals surface area contributed by atoms with E-state index in [0.29, 0.717) is 12.0 Å². The molecule has 1 saturated carbocycles. The van der Waals surface area contributed by atoms with Gasteiger partial charge >= 0.3 is 0 Å². The number of nitrogens with zero attached hydrogens (tertiary/aromatic N) is 3. The first-order valence-electron chi connectivity index (χ1n) is 11.7. The molecule has 2 N–H and O–H groups in total. The fourth-order valence-corrected chi connectivity index (χ4v) is 6.20. The summed E-state index contributed by atoms with van der Waals surface area (Å²) in [6.07, 6.45) is 4.70. The number of fused-ring (bicyclic) bond motifs is 2. The minimum atomic E-state index is 0.425. The molecule has 4 aromatic rings. The van der Waals surface area contributed by atoms with Gasteiger partial charge in [0, 0.05) is 47.0 Å². The maximum Gasteiger partial charge on any atom is 0.225 e. The van der Waals surface area contributed by atoms with Gasteiger partial charge in [0.05, 0.1) is 10.5 Å². The number of nitrogens with one attached hydrogen (secondary N) is 2. The monoisotopic (exact) mass is 479 g/mol. The smallest absolute Gasteiger partial charge is 0.225 e. The average Bonchev–Trinajstić information content (AvgIpc) is 3.15. The number of aromatic nitrogens is 2. The van der Waals surface area contributed by atoms with Crippen molar-refractivity contribution in [1.82, 2.24) is 15.3 Å². The van der Waals surface area contributed by atoms with Gasteiger partial charge in [-0.3, -0.25) is 0 Å². The third kappa shape index (κ3) is 4.93. The summed E-state index contributed by atoms with van der Waals surface area (Å²) in [4.78, 5) is 12.9. The van der Waals surface area contributed by atoms with Gasteiger partial charge in [0.15, 0.2) is 0 Å².